The SMILES string of the molecule is CC/C=C\C/C=C\C/C=C\C/C=C\C/C=C\C/C=C\CCCCC(=O)OCC(COC(=O)CCCCCCCCC/C=C\C/C=C\C/C=C\CC)OC(=O)CCCCCCCCCCCCCCCCCCCC. The van der Waals surface area contributed by atoms with Crippen LogP contribution in [-0.2, 0) is 28.6 Å². The van der Waals surface area contributed by atoms with Crippen LogP contribution in [-0.4, -0.2) is 37.2 Å². The molecule has 0 heterocycles. The van der Waals surface area contributed by atoms with Crippen LogP contribution in [0.1, 0.15) is 284 Å². The third kappa shape index (κ3) is 59.0. The van der Waals surface area contributed by atoms with Gasteiger partial charge in [0.25, 0.3) is 0 Å². The molecule has 0 aliphatic heterocycles. The summed E-state index contributed by atoms with van der Waals surface area (Å²) < 4.78 is 16.9. The predicted octanol–water partition coefficient (Wildman–Crippen LogP) is 21.0. The molecule has 0 aromatic carbocycles. The largest absolute Gasteiger partial charge is 0.462 e. The smallest absolute Gasteiger partial charge is 0.306 e. The molecule has 1 unspecified atom stereocenters. The standard InChI is InChI=1S/C68H114O6/c1-4-7-10-13-16-19-22-25-28-31-33-34-35-38-40-43-46-49-52-55-58-61-67(70)73-64-65(63-72-66(69)60-57-54-51-48-45-42-39-36-30-27-24-21-18-15-12-9-6-3)74-68(71)62-59-56-53-50-47-44-41-37-32-29-26-23-20-17-14-11-8-5-2/h7,9-10,12,16,18-19,21,25,27-28,30,33-34,38,40,46,49,65H,4-6,8,11,13-15,17,20,22-24,26,29,31-32,35-37,39,41-45,47-48,50-64H2,1-3H3/b10-7-,12-9-,19-16-,21-18-,28-25-,30-27-,34-33-,40-38-,49-46-. The molecule has 0 aromatic heterocycles. The maximum atomic E-state index is 12.9. The highest BCUT2D eigenvalue weighted by Crippen LogP contribution is 2.16. The average molecular weight is 1030 g/mol. The molecule has 6 nitrogen and oxygen atoms in total. The monoisotopic (exact) mass is 1030 g/mol. The first-order chi connectivity index (χ1) is 36.5. The third-order valence-corrected chi connectivity index (χ3v) is 13.0. The van der Waals surface area contributed by atoms with E-state index in [0.717, 1.165) is 122 Å². The number of hydrogen-bond acceptors (Lipinski definition) is 6. The van der Waals surface area contributed by atoms with Gasteiger partial charge in [0.15, 0.2) is 6.10 Å². The molecular weight excluding hydrogens is 913 g/mol. The number of allylic oxidation sites excluding steroid dienone is 18. The van der Waals surface area contributed by atoms with Gasteiger partial charge in [-0.2, -0.15) is 0 Å². The van der Waals surface area contributed by atoms with E-state index >= 15 is 0 Å². The van der Waals surface area contributed by atoms with E-state index in [1.807, 2.05) is 0 Å². The van der Waals surface area contributed by atoms with Gasteiger partial charge >= 0.3 is 17.9 Å². The van der Waals surface area contributed by atoms with Crippen LogP contribution in [0.25, 0.3) is 0 Å². The van der Waals surface area contributed by atoms with E-state index < -0.39 is 6.10 Å². The number of carbonyl (C=O) groups excluding carboxylic acids is 3. The minimum Gasteiger partial charge on any atom is -0.462 e. The van der Waals surface area contributed by atoms with Crippen molar-refractivity contribution in [3.63, 3.8) is 0 Å². The molecule has 0 spiro atoms. The van der Waals surface area contributed by atoms with Crippen molar-refractivity contribution in [1.82, 2.24) is 0 Å². The van der Waals surface area contributed by atoms with Crippen molar-refractivity contribution < 1.29 is 28.6 Å². The molecule has 0 fully saturated rings. The molecule has 1 atom stereocenters. The fraction of sp³-hybridized carbons (Fsp3) is 0.691. The molecule has 0 aliphatic carbocycles. The Morgan fingerprint density at radius 3 is 0.851 bits per heavy atom. The Morgan fingerprint density at radius 2 is 0.527 bits per heavy atom. The summed E-state index contributed by atoms with van der Waals surface area (Å²) in [6, 6.07) is 0. The van der Waals surface area contributed by atoms with Crippen LogP contribution in [0.3, 0.4) is 0 Å². The van der Waals surface area contributed by atoms with Crippen molar-refractivity contribution in [2.24, 2.45) is 0 Å². The molecule has 0 N–H and O–H groups in total. The summed E-state index contributed by atoms with van der Waals surface area (Å²) in [7, 11) is 0. The maximum absolute atomic E-state index is 12.9. The summed E-state index contributed by atoms with van der Waals surface area (Å²) in [5.74, 6) is -0.942. The maximum Gasteiger partial charge on any atom is 0.306 e. The van der Waals surface area contributed by atoms with E-state index in [9.17, 15) is 14.4 Å². The Morgan fingerprint density at radius 1 is 0.284 bits per heavy atom. The molecule has 0 bridgehead atoms. The molecule has 0 radical (unpaired) electrons. The number of hydrogen-bond donors (Lipinski definition) is 0. The molecular formula is C68H114O6. The van der Waals surface area contributed by atoms with Crippen LogP contribution >= 0.6 is 0 Å². The van der Waals surface area contributed by atoms with E-state index in [-0.39, 0.29) is 31.1 Å². The van der Waals surface area contributed by atoms with Crippen LogP contribution in [0.4, 0.5) is 0 Å². The molecule has 0 amide bonds. The number of ether oxygens (including phenoxy) is 3. The van der Waals surface area contributed by atoms with Crippen molar-refractivity contribution >= 4 is 17.9 Å². The Kier molecular flexibility index (Phi) is 58.3. The predicted molar refractivity (Wildman–Crippen MR) is 320 cm³/mol. The normalized spacial score (nSPS) is 12.9. The molecule has 6 heteroatoms. The van der Waals surface area contributed by atoms with Crippen molar-refractivity contribution in [1.29, 1.82) is 0 Å². The molecule has 0 saturated heterocycles. The highest BCUT2D eigenvalue weighted by Gasteiger charge is 2.19. The minimum absolute atomic E-state index is 0.0965. The van der Waals surface area contributed by atoms with E-state index in [4.69, 9.17) is 14.2 Å². The lowest BCUT2D eigenvalue weighted by atomic mass is 10.0. The van der Waals surface area contributed by atoms with Gasteiger partial charge in [-0.05, 0) is 103 Å². The topological polar surface area (TPSA) is 78.9 Å². The van der Waals surface area contributed by atoms with E-state index in [1.54, 1.807) is 0 Å². The number of carbonyl (C=O) groups is 3. The van der Waals surface area contributed by atoms with Crippen LogP contribution in [0.2, 0.25) is 0 Å². The van der Waals surface area contributed by atoms with E-state index in [2.05, 4.69) is 130 Å². The van der Waals surface area contributed by atoms with E-state index in [0.29, 0.717) is 19.3 Å². The van der Waals surface area contributed by atoms with Crippen LogP contribution in [0.15, 0.2) is 109 Å². The van der Waals surface area contributed by atoms with Crippen LogP contribution < -0.4 is 0 Å². The molecule has 0 rings (SSSR count). The number of rotatable bonds is 55. The highest BCUT2D eigenvalue weighted by molar-refractivity contribution is 5.71. The lowest BCUT2D eigenvalue weighted by Crippen LogP contribution is -2.30. The summed E-state index contributed by atoms with van der Waals surface area (Å²) in [6.45, 7) is 6.40. The molecule has 0 saturated carbocycles. The minimum atomic E-state index is -0.802. The molecule has 0 aliphatic rings. The number of unbranched alkanes of at least 4 members (excludes halogenated alkanes) is 26. The van der Waals surface area contributed by atoms with Gasteiger partial charge in [-0.3, -0.25) is 14.4 Å². The molecule has 74 heavy (non-hydrogen) atoms. The Balaban J connectivity index is 4.47. The Labute approximate surface area is 457 Å². The zero-order chi connectivity index (χ0) is 53.6. The van der Waals surface area contributed by atoms with Crippen molar-refractivity contribution in [3.8, 4) is 0 Å². The lowest BCUT2D eigenvalue weighted by Gasteiger charge is -2.18. The Hall–Kier alpha value is -3.93. The summed E-state index contributed by atoms with van der Waals surface area (Å²) in [4.78, 5) is 38.3. The highest BCUT2D eigenvalue weighted by atomic mass is 16.6. The fourth-order valence-electron chi connectivity index (χ4n) is 8.46. The second-order valence-corrected chi connectivity index (χ2v) is 20.2. The lowest BCUT2D eigenvalue weighted by molar-refractivity contribution is -0.167. The summed E-state index contributed by atoms with van der Waals surface area (Å²) >= 11 is 0. The van der Waals surface area contributed by atoms with Crippen molar-refractivity contribution in [2.45, 2.75) is 290 Å². The average Bonchev–Trinajstić information content (AvgIpc) is 3.40. The fourth-order valence-corrected chi connectivity index (χ4v) is 8.46. The van der Waals surface area contributed by atoms with Gasteiger partial charge in [0.2, 0.25) is 0 Å². The first kappa shape index (κ1) is 70.1. The molecule has 422 valence electrons. The quantitative estimate of drug-likeness (QED) is 0.0261. The second kappa shape index (κ2) is 61.6. The van der Waals surface area contributed by atoms with E-state index in [1.165, 1.54) is 122 Å². The van der Waals surface area contributed by atoms with Gasteiger partial charge in [-0.1, -0.05) is 271 Å². The van der Waals surface area contributed by atoms with Gasteiger partial charge in [-0.15, -0.1) is 0 Å². The third-order valence-electron chi connectivity index (χ3n) is 13.0. The molecule has 0 aromatic rings. The van der Waals surface area contributed by atoms with Crippen molar-refractivity contribution in [2.75, 3.05) is 13.2 Å². The first-order valence-corrected chi connectivity index (χ1v) is 30.9. The summed E-state index contributed by atoms with van der Waals surface area (Å²) in [5, 5.41) is 0. The van der Waals surface area contributed by atoms with Crippen LogP contribution in [0.5, 0.6) is 0 Å². The second-order valence-electron chi connectivity index (χ2n) is 20.2. The zero-order valence-corrected chi connectivity index (χ0v) is 48.3. The Bertz CT molecular complexity index is 1510. The summed E-state index contributed by atoms with van der Waals surface area (Å²) in [6.07, 6.45) is 83.7. The van der Waals surface area contributed by atoms with Gasteiger partial charge < -0.3 is 14.2 Å². The zero-order valence-electron chi connectivity index (χ0n) is 48.3. The van der Waals surface area contributed by atoms with Gasteiger partial charge in [0, 0.05) is 19.3 Å². The summed E-state index contributed by atoms with van der Waals surface area (Å²) in [5.41, 5.74) is 0. The van der Waals surface area contributed by atoms with Gasteiger partial charge in [-0.25, -0.2) is 0 Å². The van der Waals surface area contributed by atoms with Gasteiger partial charge in [0.05, 0.1) is 0 Å². The first-order valence-electron chi connectivity index (χ1n) is 30.9. The van der Waals surface area contributed by atoms with Crippen LogP contribution in [0, 0.1) is 0 Å². The number of esters is 3. The van der Waals surface area contributed by atoms with Gasteiger partial charge in [0.1, 0.15) is 13.2 Å². The van der Waals surface area contributed by atoms with Crippen molar-refractivity contribution in [3.05, 3.63) is 109 Å².